The molecule has 0 aliphatic rings. The average Bonchev–Trinajstić information content (AvgIpc) is 2.56. The third kappa shape index (κ3) is 4.55. The van der Waals surface area contributed by atoms with Crippen LogP contribution in [0, 0.1) is 11.6 Å². The van der Waals surface area contributed by atoms with Crippen LogP contribution in [0.1, 0.15) is 28.9 Å². The lowest BCUT2D eigenvalue weighted by Crippen LogP contribution is -2.32. The summed E-state index contributed by atoms with van der Waals surface area (Å²) in [5.41, 5.74) is 7.83. The van der Waals surface area contributed by atoms with E-state index in [0.29, 0.717) is 5.56 Å². The van der Waals surface area contributed by atoms with Gasteiger partial charge >= 0.3 is 5.97 Å². The highest BCUT2D eigenvalue weighted by molar-refractivity contribution is 7.99. The van der Waals surface area contributed by atoms with Crippen LogP contribution < -0.4 is 5.73 Å². The van der Waals surface area contributed by atoms with Crippen molar-refractivity contribution in [1.82, 2.24) is 0 Å². The van der Waals surface area contributed by atoms with Gasteiger partial charge < -0.3 is 10.8 Å². The van der Waals surface area contributed by atoms with E-state index in [-0.39, 0.29) is 5.75 Å². The average molecular weight is 351 g/mol. The summed E-state index contributed by atoms with van der Waals surface area (Å²) in [4.78, 5) is 10.9. The van der Waals surface area contributed by atoms with Crippen molar-refractivity contribution in [3.05, 3.63) is 70.8 Å². The van der Waals surface area contributed by atoms with E-state index in [1.165, 1.54) is 23.9 Å². The number of nitrogens with two attached hydrogens (primary N) is 1. The monoisotopic (exact) mass is 351 g/mol. The Balaban J connectivity index is 2.34. The summed E-state index contributed by atoms with van der Waals surface area (Å²) >= 11 is 1.23. The third-order valence-corrected chi connectivity index (χ3v) is 5.11. The smallest absolute Gasteiger partial charge is 0.321 e. The third-order valence-electron chi connectivity index (χ3n) is 3.70. The summed E-state index contributed by atoms with van der Waals surface area (Å²) in [6, 6.07) is 10.0. The number of benzene rings is 2. The minimum Gasteiger partial charge on any atom is -0.480 e. The van der Waals surface area contributed by atoms with Gasteiger partial charge in [-0.2, -0.15) is 0 Å². The first kappa shape index (κ1) is 18.4. The number of rotatable bonds is 7. The van der Waals surface area contributed by atoms with Crippen molar-refractivity contribution in [1.29, 1.82) is 0 Å². The van der Waals surface area contributed by atoms with Crippen molar-refractivity contribution >= 4 is 17.7 Å². The van der Waals surface area contributed by atoms with Crippen LogP contribution in [0.3, 0.4) is 0 Å². The van der Waals surface area contributed by atoms with Crippen LogP contribution in [0.25, 0.3) is 0 Å². The number of hydrogen-bond acceptors (Lipinski definition) is 3. The summed E-state index contributed by atoms with van der Waals surface area (Å²) in [5.74, 6) is -2.30. The van der Waals surface area contributed by atoms with Gasteiger partial charge in [0.2, 0.25) is 0 Å². The Morgan fingerprint density at radius 2 is 1.88 bits per heavy atom. The molecular formula is C18H19F2NO2S. The van der Waals surface area contributed by atoms with Crippen molar-refractivity contribution in [2.24, 2.45) is 5.73 Å². The van der Waals surface area contributed by atoms with Gasteiger partial charge in [-0.05, 0) is 23.6 Å². The number of hydrogen-bond donors (Lipinski definition) is 2. The lowest BCUT2D eigenvalue weighted by molar-refractivity contribution is -0.137. The zero-order chi connectivity index (χ0) is 17.7. The SMILES string of the molecule is CCc1ccc(C(SCC(N)C(=O)O)c2ccc(F)cc2F)cc1. The largest absolute Gasteiger partial charge is 0.480 e. The number of aliphatic carboxylic acids is 1. The molecule has 0 spiro atoms. The molecule has 0 radical (unpaired) electrons. The molecule has 128 valence electrons. The Morgan fingerprint density at radius 1 is 1.21 bits per heavy atom. The minimum atomic E-state index is -1.11. The number of thioether (sulfide) groups is 1. The summed E-state index contributed by atoms with van der Waals surface area (Å²) < 4.78 is 27.4. The van der Waals surface area contributed by atoms with E-state index >= 15 is 0 Å². The first-order chi connectivity index (χ1) is 11.4. The molecule has 0 saturated heterocycles. The molecule has 0 heterocycles. The summed E-state index contributed by atoms with van der Waals surface area (Å²) in [6.07, 6.45) is 0.882. The first-order valence-electron chi connectivity index (χ1n) is 7.56. The van der Waals surface area contributed by atoms with Gasteiger partial charge in [-0.25, -0.2) is 8.78 Å². The minimum absolute atomic E-state index is 0.117. The highest BCUT2D eigenvalue weighted by atomic mass is 32.2. The van der Waals surface area contributed by atoms with E-state index < -0.39 is 28.9 Å². The second-order valence-corrected chi connectivity index (χ2v) is 6.56. The molecule has 2 unspecified atom stereocenters. The molecule has 0 aliphatic carbocycles. The fraction of sp³-hybridized carbons (Fsp3) is 0.278. The first-order valence-corrected chi connectivity index (χ1v) is 8.61. The van der Waals surface area contributed by atoms with Crippen molar-refractivity contribution in [2.45, 2.75) is 24.6 Å². The Bertz CT molecular complexity index is 707. The van der Waals surface area contributed by atoms with Crippen LogP contribution in [-0.4, -0.2) is 22.9 Å². The normalized spacial score (nSPS) is 13.5. The van der Waals surface area contributed by atoms with Crippen molar-refractivity contribution < 1.29 is 18.7 Å². The Labute approximate surface area is 143 Å². The van der Waals surface area contributed by atoms with E-state index in [2.05, 4.69) is 0 Å². The molecule has 0 fully saturated rings. The summed E-state index contributed by atoms with van der Waals surface area (Å²) in [6.45, 7) is 2.03. The number of halogens is 2. The maximum Gasteiger partial charge on any atom is 0.321 e. The van der Waals surface area contributed by atoms with Crippen molar-refractivity contribution in [2.75, 3.05) is 5.75 Å². The molecule has 3 nitrogen and oxygen atoms in total. The molecule has 3 N–H and O–H groups in total. The van der Waals surface area contributed by atoms with E-state index in [1.807, 2.05) is 31.2 Å². The molecule has 2 rings (SSSR count). The van der Waals surface area contributed by atoms with Gasteiger partial charge in [-0.15, -0.1) is 11.8 Å². The molecule has 0 aromatic heterocycles. The lowest BCUT2D eigenvalue weighted by atomic mass is 10.0. The Morgan fingerprint density at radius 3 is 2.42 bits per heavy atom. The highest BCUT2D eigenvalue weighted by Gasteiger charge is 2.22. The van der Waals surface area contributed by atoms with E-state index in [4.69, 9.17) is 10.8 Å². The van der Waals surface area contributed by atoms with Crippen LogP contribution in [0.4, 0.5) is 8.78 Å². The highest BCUT2D eigenvalue weighted by Crippen LogP contribution is 2.37. The van der Waals surface area contributed by atoms with Gasteiger partial charge in [-0.3, -0.25) is 4.79 Å². The summed E-state index contributed by atoms with van der Waals surface area (Å²) in [7, 11) is 0. The van der Waals surface area contributed by atoms with Crippen LogP contribution in [0.15, 0.2) is 42.5 Å². The lowest BCUT2D eigenvalue weighted by Gasteiger charge is -2.20. The van der Waals surface area contributed by atoms with Crippen molar-refractivity contribution in [3.63, 3.8) is 0 Å². The predicted octanol–water partition coefficient (Wildman–Crippen LogP) is 3.76. The molecule has 0 amide bonds. The zero-order valence-electron chi connectivity index (χ0n) is 13.2. The molecule has 0 aliphatic heterocycles. The quantitative estimate of drug-likeness (QED) is 0.797. The number of carboxylic acids is 1. The maximum absolute atomic E-state index is 14.2. The van der Waals surface area contributed by atoms with Crippen LogP contribution >= 0.6 is 11.8 Å². The van der Waals surface area contributed by atoms with Crippen molar-refractivity contribution in [3.8, 4) is 0 Å². The Kier molecular flexibility index (Phi) is 6.34. The van der Waals surface area contributed by atoms with Crippen LogP contribution in [0.5, 0.6) is 0 Å². The fourth-order valence-electron chi connectivity index (χ4n) is 2.28. The van der Waals surface area contributed by atoms with Gasteiger partial charge in [-0.1, -0.05) is 37.3 Å². The molecule has 2 aromatic carbocycles. The molecule has 6 heteroatoms. The number of aryl methyl sites for hydroxylation is 1. The molecular weight excluding hydrogens is 332 g/mol. The molecule has 0 saturated carbocycles. The maximum atomic E-state index is 14.2. The second kappa shape index (κ2) is 8.26. The van der Waals surface area contributed by atoms with Gasteiger partial charge in [0.1, 0.15) is 17.7 Å². The van der Waals surface area contributed by atoms with Gasteiger partial charge in [0.05, 0.1) is 5.25 Å². The molecule has 0 bridgehead atoms. The molecule has 2 atom stereocenters. The van der Waals surface area contributed by atoms with Gasteiger partial charge in [0, 0.05) is 17.4 Å². The number of carbonyl (C=O) groups is 1. The predicted molar refractivity (Wildman–Crippen MR) is 92.1 cm³/mol. The van der Waals surface area contributed by atoms with E-state index in [0.717, 1.165) is 23.6 Å². The second-order valence-electron chi connectivity index (χ2n) is 5.42. The van der Waals surface area contributed by atoms with E-state index in [1.54, 1.807) is 0 Å². The number of carboxylic acid groups (broad SMARTS) is 1. The van der Waals surface area contributed by atoms with Crippen LogP contribution in [-0.2, 0) is 11.2 Å². The molecule has 2 aromatic rings. The van der Waals surface area contributed by atoms with Gasteiger partial charge in [0.15, 0.2) is 0 Å². The topological polar surface area (TPSA) is 63.3 Å². The Hall–Kier alpha value is -1.92. The van der Waals surface area contributed by atoms with Crippen LogP contribution in [0.2, 0.25) is 0 Å². The zero-order valence-corrected chi connectivity index (χ0v) is 14.0. The standard InChI is InChI=1S/C18H19F2NO2S/c1-2-11-3-5-12(6-4-11)17(24-10-16(21)18(22)23)14-8-7-13(19)9-15(14)20/h3-9,16-17H,2,10,21H2,1H3,(H,22,23). The van der Waals surface area contributed by atoms with Gasteiger partial charge in [0.25, 0.3) is 0 Å². The summed E-state index contributed by atoms with van der Waals surface area (Å²) in [5, 5.41) is 8.48. The molecule has 24 heavy (non-hydrogen) atoms. The fourth-order valence-corrected chi connectivity index (χ4v) is 3.54. The van der Waals surface area contributed by atoms with E-state index in [9.17, 15) is 13.6 Å².